The van der Waals surface area contributed by atoms with E-state index in [1.54, 1.807) is 18.6 Å². The Morgan fingerprint density at radius 3 is 2.85 bits per heavy atom. The molecule has 1 aromatic heterocycles. The molecule has 2 aromatic rings. The molecule has 0 spiro atoms. The minimum absolute atomic E-state index is 0.0148. The van der Waals surface area contributed by atoms with E-state index in [9.17, 15) is 4.79 Å². The van der Waals surface area contributed by atoms with E-state index < -0.39 is 0 Å². The molecule has 20 heavy (non-hydrogen) atoms. The third-order valence-electron chi connectivity index (χ3n) is 3.43. The highest BCUT2D eigenvalue weighted by atomic mass is 16.2. The summed E-state index contributed by atoms with van der Waals surface area (Å²) in [6.45, 7) is 0. The molecule has 1 aliphatic carbocycles. The average molecular weight is 265 g/mol. The van der Waals surface area contributed by atoms with E-state index in [2.05, 4.69) is 27.6 Å². The quantitative estimate of drug-likeness (QED) is 0.681. The summed E-state index contributed by atoms with van der Waals surface area (Å²) in [6.07, 6.45) is 5.90. The predicted octanol–water partition coefficient (Wildman–Crippen LogP) is 2.34. The van der Waals surface area contributed by atoms with E-state index in [0.29, 0.717) is 5.92 Å². The van der Waals surface area contributed by atoms with Crippen molar-refractivity contribution in [2.45, 2.75) is 12.3 Å². The minimum Gasteiger partial charge on any atom is -0.273 e. The minimum atomic E-state index is -0.0148. The second kappa shape index (κ2) is 5.65. The number of amides is 1. The first-order valence-corrected chi connectivity index (χ1v) is 6.62. The number of rotatable bonds is 4. The molecule has 0 radical (unpaired) electrons. The Morgan fingerprint density at radius 1 is 1.25 bits per heavy atom. The first-order chi connectivity index (χ1) is 9.84. The predicted molar refractivity (Wildman–Crippen MR) is 77.3 cm³/mol. The smallest absolute Gasteiger partial charge is 0.243 e. The van der Waals surface area contributed by atoms with E-state index in [1.165, 1.54) is 5.56 Å². The highest BCUT2D eigenvalue weighted by Crippen LogP contribution is 2.47. The summed E-state index contributed by atoms with van der Waals surface area (Å²) in [5, 5.41) is 3.97. The molecule has 0 bridgehead atoms. The third kappa shape index (κ3) is 2.91. The average Bonchev–Trinajstić information content (AvgIpc) is 3.30. The number of hydrogen-bond acceptors (Lipinski definition) is 3. The first kappa shape index (κ1) is 12.5. The molecule has 2 unspecified atom stereocenters. The van der Waals surface area contributed by atoms with Crippen LogP contribution in [0.25, 0.3) is 0 Å². The molecule has 1 aromatic carbocycles. The zero-order chi connectivity index (χ0) is 13.8. The van der Waals surface area contributed by atoms with Gasteiger partial charge >= 0.3 is 0 Å². The molecule has 1 aliphatic rings. The monoisotopic (exact) mass is 265 g/mol. The van der Waals surface area contributed by atoms with Gasteiger partial charge in [-0.3, -0.25) is 9.78 Å². The van der Waals surface area contributed by atoms with Crippen molar-refractivity contribution < 1.29 is 4.79 Å². The van der Waals surface area contributed by atoms with Crippen LogP contribution in [-0.2, 0) is 4.79 Å². The van der Waals surface area contributed by atoms with Crippen LogP contribution in [0.4, 0.5) is 0 Å². The number of hydrazone groups is 1. The lowest BCUT2D eigenvalue weighted by atomic mass is 10.1. The van der Waals surface area contributed by atoms with E-state index >= 15 is 0 Å². The van der Waals surface area contributed by atoms with Crippen molar-refractivity contribution in [3.8, 4) is 0 Å². The van der Waals surface area contributed by atoms with Crippen LogP contribution in [0.3, 0.4) is 0 Å². The van der Waals surface area contributed by atoms with Crippen LogP contribution in [0.5, 0.6) is 0 Å². The van der Waals surface area contributed by atoms with Crippen molar-refractivity contribution in [1.29, 1.82) is 0 Å². The number of nitrogens with zero attached hydrogens (tertiary/aromatic N) is 2. The van der Waals surface area contributed by atoms with Gasteiger partial charge < -0.3 is 0 Å². The standard InChI is InChI=1S/C16H15N3O/c20-16(19-18-11-12-5-4-8-17-10-12)15-9-14(15)13-6-2-1-3-7-13/h1-8,10-11,14-15H,9H2,(H,19,20). The Hall–Kier alpha value is -2.49. The van der Waals surface area contributed by atoms with Gasteiger partial charge in [0.1, 0.15) is 0 Å². The number of hydrogen-bond donors (Lipinski definition) is 1. The molecule has 1 fully saturated rings. The van der Waals surface area contributed by atoms with Crippen LogP contribution < -0.4 is 5.43 Å². The normalized spacial score (nSPS) is 20.8. The highest BCUT2D eigenvalue weighted by molar-refractivity contribution is 5.85. The van der Waals surface area contributed by atoms with E-state index in [4.69, 9.17) is 0 Å². The fourth-order valence-electron chi connectivity index (χ4n) is 2.26. The van der Waals surface area contributed by atoms with Crippen LogP contribution in [0.1, 0.15) is 23.5 Å². The lowest BCUT2D eigenvalue weighted by Gasteiger charge is -1.99. The van der Waals surface area contributed by atoms with Gasteiger partial charge in [-0.25, -0.2) is 5.43 Å². The fraction of sp³-hybridized carbons (Fsp3) is 0.188. The van der Waals surface area contributed by atoms with Gasteiger partial charge in [0.2, 0.25) is 5.91 Å². The summed E-state index contributed by atoms with van der Waals surface area (Å²) < 4.78 is 0. The lowest BCUT2D eigenvalue weighted by Crippen LogP contribution is -2.20. The Kier molecular flexibility index (Phi) is 3.54. The molecule has 1 N–H and O–H groups in total. The fourth-order valence-corrected chi connectivity index (χ4v) is 2.26. The molecular weight excluding hydrogens is 250 g/mol. The second-order valence-electron chi connectivity index (χ2n) is 4.88. The molecule has 3 rings (SSSR count). The zero-order valence-electron chi connectivity index (χ0n) is 10.9. The Bertz CT molecular complexity index is 610. The summed E-state index contributed by atoms with van der Waals surface area (Å²) in [6, 6.07) is 13.8. The second-order valence-corrected chi connectivity index (χ2v) is 4.88. The molecule has 1 heterocycles. The number of carbonyl (C=O) groups is 1. The van der Waals surface area contributed by atoms with Crippen molar-refractivity contribution >= 4 is 12.1 Å². The SMILES string of the molecule is O=C(NN=Cc1cccnc1)C1CC1c1ccccc1. The number of benzene rings is 1. The molecule has 0 saturated heterocycles. The van der Waals surface area contributed by atoms with Gasteiger partial charge in [-0.05, 0) is 24.0 Å². The summed E-state index contributed by atoms with van der Waals surface area (Å²) in [4.78, 5) is 15.9. The van der Waals surface area contributed by atoms with E-state index in [-0.39, 0.29) is 11.8 Å². The number of carbonyl (C=O) groups excluding carboxylic acids is 1. The van der Waals surface area contributed by atoms with Crippen LogP contribution in [0.15, 0.2) is 60.0 Å². The number of nitrogens with one attached hydrogen (secondary N) is 1. The van der Waals surface area contributed by atoms with Crippen LogP contribution in [0, 0.1) is 5.92 Å². The Morgan fingerprint density at radius 2 is 2.10 bits per heavy atom. The van der Waals surface area contributed by atoms with Crippen molar-refractivity contribution in [2.24, 2.45) is 11.0 Å². The maximum Gasteiger partial charge on any atom is 0.243 e. The van der Waals surface area contributed by atoms with Crippen LogP contribution >= 0.6 is 0 Å². The van der Waals surface area contributed by atoms with Gasteiger partial charge in [0.15, 0.2) is 0 Å². The molecule has 2 atom stereocenters. The third-order valence-corrected chi connectivity index (χ3v) is 3.43. The molecule has 0 aliphatic heterocycles. The van der Waals surface area contributed by atoms with Crippen molar-refractivity contribution in [3.63, 3.8) is 0 Å². The summed E-state index contributed by atoms with van der Waals surface area (Å²) >= 11 is 0. The molecular formula is C16H15N3O. The molecule has 100 valence electrons. The van der Waals surface area contributed by atoms with Crippen LogP contribution in [0.2, 0.25) is 0 Å². The van der Waals surface area contributed by atoms with Gasteiger partial charge in [0.25, 0.3) is 0 Å². The van der Waals surface area contributed by atoms with Gasteiger partial charge in [-0.15, -0.1) is 0 Å². The largest absolute Gasteiger partial charge is 0.273 e. The number of pyridine rings is 1. The maximum absolute atomic E-state index is 11.9. The van der Waals surface area contributed by atoms with Gasteiger partial charge in [-0.1, -0.05) is 36.4 Å². The summed E-state index contributed by atoms with van der Waals surface area (Å²) in [5.74, 6) is 0.368. The van der Waals surface area contributed by atoms with Crippen molar-refractivity contribution in [2.75, 3.05) is 0 Å². The van der Waals surface area contributed by atoms with E-state index in [0.717, 1.165) is 12.0 Å². The summed E-state index contributed by atoms with van der Waals surface area (Å²) in [7, 11) is 0. The first-order valence-electron chi connectivity index (χ1n) is 6.62. The Labute approximate surface area is 117 Å². The topological polar surface area (TPSA) is 54.4 Å². The number of aromatic nitrogens is 1. The molecule has 1 saturated carbocycles. The van der Waals surface area contributed by atoms with Gasteiger partial charge in [0, 0.05) is 23.9 Å². The molecule has 4 nitrogen and oxygen atoms in total. The van der Waals surface area contributed by atoms with Gasteiger partial charge in [-0.2, -0.15) is 5.10 Å². The highest BCUT2D eigenvalue weighted by Gasteiger charge is 2.43. The van der Waals surface area contributed by atoms with Crippen LogP contribution in [-0.4, -0.2) is 17.1 Å². The van der Waals surface area contributed by atoms with Gasteiger partial charge in [0.05, 0.1) is 6.21 Å². The zero-order valence-corrected chi connectivity index (χ0v) is 10.9. The lowest BCUT2D eigenvalue weighted by molar-refractivity contribution is -0.122. The van der Waals surface area contributed by atoms with Crippen molar-refractivity contribution in [3.05, 3.63) is 66.0 Å². The van der Waals surface area contributed by atoms with E-state index in [1.807, 2.05) is 30.3 Å². The summed E-state index contributed by atoms with van der Waals surface area (Å²) in [5.41, 5.74) is 4.69. The van der Waals surface area contributed by atoms with Crippen molar-refractivity contribution in [1.82, 2.24) is 10.4 Å². The molecule has 4 heteroatoms. The molecule has 1 amide bonds. The Balaban J connectivity index is 1.53. The maximum atomic E-state index is 11.9.